The maximum atomic E-state index is 10.6. The number of hydrogen-bond donors (Lipinski definition) is 2. The Balaban J connectivity index is 1.45. The number of fused-ring (bicyclic) bond motifs is 3. The molecule has 0 radical (unpaired) electrons. The van der Waals surface area contributed by atoms with Crippen LogP contribution < -0.4 is 5.32 Å². The first-order chi connectivity index (χ1) is 12.7. The van der Waals surface area contributed by atoms with Gasteiger partial charge < -0.3 is 15.0 Å². The number of benzene rings is 2. The summed E-state index contributed by atoms with van der Waals surface area (Å²) in [4.78, 5) is 0. The van der Waals surface area contributed by atoms with Gasteiger partial charge in [0.15, 0.2) is 0 Å². The zero-order valence-electron chi connectivity index (χ0n) is 14.9. The third kappa shape index (κ3) is 3.66. The number of aliphatic hydroxyl groups excluding tert-OH is 1. The standard InChI is InChI=1S/C22H25ClN2O/c23-17-7-5-6-16(12-17)13-24-14-18(26)15-25-21-10-3-1-8-19(21)20-9-2-4-11-22(20)25/h1,3,5-8,10,12,18,24,26H,2,4,9,11,13-15H2. The van der Waals surface area contributed by atoms with Crippen LogP contribution in [0.5, 0.6) is 0 Å². The van der Waals surface area contributed by atoms with Gasteiger partial charge in [-0.05, 0) is 55.0 Å². The summed E-state index contributed by atoms with van der Waals surface area (Å²) in [5.41, 5.74) is 5.30. The largest absolute Gasteiger partial charge is 0.390 e. The summed E-state index contributed by atoms with van der Waals surface area (Å²) in [5.74, 6) is 0. The lowest BCUT2D eigenvalue weighted by Crippen LogP contribution is -2.30. The summed E-state index contributed by atoms with van der Waals surface area (Å²) in [6.07, 6.45) is 4.37. The van der Waals surface area contributed by atoms with Gasteiger partial charge in [-0.25, -0.2) is 0 Å². The maximum absolute atomic E-state index is 10.6. The van der Waals surface area contributed by atoms with Gasteiger partial charge in [-0.2, -0.15) is 0 Å². The van der Waals surface area contributed by atoms with Crippen LogP contribution in [-0.2, 0) is 25.9 Å². The molecule has 2 N–H and O–H groups in total. The van der Waals surface area contributed by atoms with Gasteiger partial charge in [-0.1, -0.05) is 41.9 Å². The second-order valence-corrected chi connectivity index (χ2v) is 7.61. The van der Waals surface area contributed by atoms with Crippen LogP contribution >= 0.6 is 11.6 Å². The molecule has 1 atom stereocenters. The van der Waals surface area contributed by atoms with Crippen LogP contribution in [0.1, 0.15) is 29.7 Å². The van der Waals surface area contributed by atoms with Crippen molar-refractivity contribution in [2.45, 2.75) is 44.9 Å². The molecule has 3 aromatic rings. The molecule has 136 valence electrons. The number of nitrogens with one attached hydrogen (secondary N) is 1. The van der Waals surface area contributed by atoms with Crippen LogP contribution in [0, 0.1) is 0 Å². The lowest BCUT2D eigenvalue weighted by molar-refractivity contribution is 0.151. The number of aliphatic hydroxyl groups is 1. The molecule has 1 unspecified atom stereocenters. The summed E-state index contributed by atoms with van der Waals surface area (Å²) in [6.45, 7) is 1.91. The Kier molecular flexibility index (Phi) is 5.30. The number of hydrogen-bond acceptors (Lipinski definition) is 2. The summed E-state index contributed by atoms with van der Waals surface area (Å²) in [6, 6.07) is 16.4. The SMILES string of the molecule is OC(CNCc1cccc(Cl)c1)Cn1c2c(c3ccccc31)CCCC2. The van der Waals surface area contributed by atoms with Crippen molar-refractivity contribution in [3.8, 4) is 0 Å². The van der Waals surface area contributed by atoms with Gasteiger partial charge in [0, 0.05) is 34.7 Å². The van der Waals surface area contributed by atoms with E-state index in [1.807, 2.05) is 24.3 Å². The van der Waals surface area contributed by atoms with Crippen LogP contribution in [0.15, 0.2) is 48.5 Å². The normalized spacial score (nSPS) is 15.2. The van der Waals surface area contributed by atoms with Crippen molar-refractivity contribution >= 4 is 22.5 Å². The first-order valence-electron chi connectivity index (χ1n) is 9.44. The van der Waals surface area contributed by atoms with E-state index in [1.54, 1.807) is 0 Å². The third-order valence-electron chi connectivity index (χ3n) is 5.28. The highest BCUT2D eigenvalue weighted by Gasteiger charge is 2.20. The molecule has 1 aromatic heterocycles. The summed E-state index contributed by atoms with van der Waals surface area (Å²) in [5, 5.41) is 16.1. The first-order valence-corrected chi connectivity index (χ1v) is 9.82. The van der Waals surface area contributed by atoms with E-state index in [0.717, 1.165) is 23.4 Å². The third-order valence-corrected chi connectivity index (χ3v) is 5.51. The molecule has 0 fully saturated rings. The number of rotatable bonds is 6. The van der Waals surface area contributed by atoms with Gasteiger partial charge in [0.1, 0.15) is 0 Å². The number of aromatic nitrogens is 1. The highest BCUT2D eigenvalue weighted by atomic mass is 35.5. The second-order valence-electron chi connectivity index (χ2n) is 7.17. The van der Waals surface area contributed by atoms with Crippen molar-refractivity contribution in [1.82, 2.24) is 9.88 Å². The Bertz CT molecular complexity index is 902. The minimum absolute atomic E-state index is 0.420. The van der Waals surface area contributed by atoms with Crippen LogP contribution in [-0.4, -0.2) is 22.3 Å². The van der Waals surface area contributed by atoms with E-state index in [-0.39, 0.29) is 0 Å². The topological polar surface area (TPSA) is 37.2 Å². The van der Waals surface area contributed by atoms with Gasteiger partial charge >= 0.3 is 0 Å². The van der Waals surface area contributed by atoms with Crippen LogP contribution in [0.4, 0.5) is 0 Å². The molecular formula is C22H25ClN2O. The molecule has 0 saturated heterocycles. The molecule has 0 amide bonds. The van der Waals surface area contributed by atoms with Crippen molar-refractivity contribution in [2.75, 3.05) is 6.54 Å². The summed E-state index contributed by atoms with van der Waals surface area (Å²) >= 11 is 6.02. The van der Waals surface area contributed by atoms with Crippen molar-refractivity contribution in [1.29, 1.82) is 0 Å². The fourth-order valence-electron chi connectivity index (χ4n) is 4.10. The smallest absolute Gasteiger partial charge is 0.0843 e. The van der Waals surface area contributed by atoms with Crippen LogP contribution in [0.3, 0.4) is 0 Å². The molecule has 0 saturated carbocycles. The first kappa shape index (κ1) is 17.6. The minimum Gasteiger partial charge on any atom is -0.390 e. The highest BCUT2D eigenvalue weighted by molar-refractivity contribution is 6.30. The molecule has 0 aliphatic heterocycles. The predicted molar refractivity (Wildman–Crippen MR) is 108 cm³/mol. The van der Waals surface area contributed by atoms with Crippen LogP contribution in [0.25, 0.3) is 10.9 Å². The van der Waals surface area contributed by atoms with Gasteiger partial charge in [-0.15, -0.1) is 0 Å². The molecule has 0 bridgehead atoms. The van der Waals surface area contributed by atoms with E-state index in [4.69, 9.17) is 11.6 Å². The Morgan fingerprint density at radius 2 is 1.92 bits per heavy atom. The monoisotopic (exact) mass is 368 g/mol. The zero-order valence-corrected chi connectivity index (χ0v) is 15.7. The Morgan fingerprint density at radius 1 is 1.08 bits per heavy atom. The van der Waals surface area contributed by atoms with E-state index in [9.17, 15) is 5.11 Å². The van der Waals surface area contributed by atoms with Gasteiger partial charge in [-0.3, -0.25) is 0 Å². The van der Waals surface area contributed by atoms with Crippen molar-refractivity contribution in [3.63, 3.8) is 0 Å². The van der Waals surface area contributed by atoms with Crippen molar-refractivity contribution in [2.24, 2.45) is 0 Å². The maximum Gasteiger partial charge on any atom is 0.0843 e. The molecule has 3 nitrogen and oxygen atoms in total. The van der Waals surface area contributed by atoms with Gasteiger partial charge in [0.25, 0.3) is 0 Å². The lowest BCUT2D eigenvalue weighted by atomic mass is 9.95. The fraction of sp³-hybridized carbons (Fsp3) is 0.364. The molecule has 4 heteroatoms. The van der Waals surface area contributed by atoms with Crippen LogP contribution in [0.2, 0.25) is 5.02 Å². The molecule has 1 heterocycles. The van der Waals surface area contributed by atoms with E-state index >= 15 is 0 Å². The highest BCUT2D eigenvalue weighted by Crippen LogP contribution is 2.32. The summed E-state index contributed by atoms with van der Waals surface area (Å²) < 4.78 is 2.34. The van der Waals surface area contributed by atoms with Crippen molar-refractivity contribution in [3.05, 3.63) is 70.4 Å². The molecular weight excluding hydrogens is 344 g/mol. The fourth-order valence-corrected chi connectivity index (χ4v) is 4.31. The number of nitrogens with zero attached hydrogens (tertiary/aromatic N) is 1. The van der Waals surface area contributed by atoms with Gasteiger partial charge in [0.05, 0.1) is 12.6 Å². The predicted octanol–water partition coefficient (Wildman–Crippen LogP) is 4.32. The average Bonchev–Trinajstić information content (AvgIpc) is 2.96. The number of aryl methyl sites for hydroxylation is 1. The van der Waals surface area contributed by atoms with Crippen molar-refractivity contribution < 1.29 is 5.11 Å². The number of para-hydroxylation sites is 1. The molecule has 1 aliphatic carbocycles. The minimum atomic E-state index is -0.420. The average molecular weight is 369 g/mol. The van der Waals surface area contributed by atoms with E-state index < -0.39 is 6.10 Å². The van der Waals surface area contributed by atoms with Gasteiger partial charge in [0.2, 0.25) is 0 Å². The molecule has 1 aliphatic rings. The molecule has 26 heavy (non-hydrogen) atoms. The Hall–Kier alpha value is -1.81. The molecule has 4 rings (SSSR count). The van der Waals surface area contributed by atoms with E-state index in [2.05, 4.69) is 34.1 Å². The quantitative estimate of drug-likeness (QED) is 0.679. The second kappa shape index (κ2) is 7.83. The van der Waals surface area contributed by atoms with E-state index in [1.165, 1.54) is 35.0 Å². The van der Waals surface area contributed by atoms with E-state index in [0.29, 0.717) is 19.6 Å². The summed E-state index contributed by atoms with van der Waals surface area (Å²) in [7, 11) is 0. The Labute approximate surface area is 159 Å². The number of halogens is 1. The zero-order chi connectivity index (χ0) is 17.9. The molecule has 2 aromatic carbocycles. The lowest BCUT2D eigenvalue weighted by Gasteiger charge is -2.19. The Morgan fingerprint density at radius 3 is 2.81 bits per heavy atom. The molecule has 0 spiro atoms.